The Morgan fingerprint density at radius 3 is 2.62 bits per heavy atom. The van der Waals surface area contributed by atoms with E-state index in [-0.39, 0.29) is 5.82 Å². The van der Waals surface area contributed by atoms with Gasteiger partial charge in [0.2, 0.25) is 0 Å². The van der Waals surface area contributed by atoms with Gasteiger partial charge in [0.1, 0.15) is 30.0 Å². The summed E-state index contributed by atoms with van der Waals surface area (Å²) in [7, 11) is 1.52. The summed E-state index contributed by atoms with van der Waals surface area (Å²) in [6, 6.07) is 6.61. The summed E-state index contributed by atoms with van der Waals surface area (Å²) in [5.41, 5.74) is 1.96. The number of aromatic nitrogens is 4. The largest absolute Gasteiger partial charge is 0.496 e. The number of pyridine rings is 1. The van der Waals surface area contributed by atoms with Gasteiger partial charge in [0.25, 0.3) is 0 Å². The van der Waals surface area contributed by atoms with Crippen LogP contribution in [0.25, 0.3) is 16.9 Å². The maximum atomic E-state index is 14.1. The van der Waals surface area contributed by atoms with Gasteiger partial charge in [-0.2, -0.15) is 0 Å². The molecule has 2 aromatic heterocycles. The minimum atomic E-state index is -0.340. The molecule has 0 bridgehead atoms. The van der Waals surface area contributed by atoms with Gasteiger partial charge in [-0.05, 0) is 30.7 Å². The molecule has 0 saturated heterocycles. The normalized spacial score (nSPS) is 10.6. The molecule has 0 atom stereocenters. The van der Waals surface area contributed by atoms with Crippen molar-refractivity contribution in [3.8, 4) is 22.7 Å². The standard InChI is InChI=1S/C15H13FN4O/c1-10-6-11(7-17-15(10)20-8-18-19-9-20)14-12(16)4-3-5-13(14)21-2/h3-9H,1-2H3. The molecule has 0 spiro atoms. The van der Waals surface area contributed by atoms with Gasteiger partial charge in [-0.3, -0.25) is 4.57 Å². The quantitative estimate of drug-likeness (QED) is 0.742. The Bertz CT molecular complexity index is 771. The summed E-state index contributed by atoms with van der Waals surface area (Å²) >= 11 is 0. The molecule has 0 aliphatic rings. The van der Waals surface area contributed by atoms with Crippen molar-refractivity contribution in [3.05, 3.63) is 54.5 Å². The van der Waals surface area contributed by atoms with E-state index >= 15 is 0 Å². The van der Waals surface area contributed by atoms with Crippen molar-refractivity contribution in [1.29, 1.82) is 0 Å². The summed E-state index contributed by atoms with van der Waals surface area (Å²) < 4.78 is 21.0. The second-order valence-corrected chi connectivity index (χ2v) is 4.55. The number of hydrogen-bond donors (Lipinski definition) is 0. The van der Waals surface area contributed by atoms with E-state index in [1.165, 1.54) is 13.2 Å². The number of methoxy groups -OCH3 is 1. The van der Waals surface area contributed by atoms with Crippen molar-refractivity contribution in [2.24, 2.45) is 0 Å². The molecule has 0 aliphatic carbocycles. The molecule has 0 aliphatic heterocycles. The van der Waals surface area contributed by atoms with Crippen molar-refractivity contribution in [1.82, 2.24) is 19.7 Å². The highest BCUT2D eigenvalue weighted by molar-refractivity contribution is 5.71. The Hall–Kier alpha value is -2.76. The molecule has 0 amide bonds. The molecule has 0 radical (unpaired) electrons. The molecule has 3 aromatic rings. The van der Waals surface area contributed by atoms with Gasteiger partial charge in [-0.1, -0.05) is 6.07 Å². The van der Waals surface area contributed by atoms with Crippen LogP contribution >= 0.6 is 0 Å². The first-order valence-electron chi connectivity index (χ1n) is 6.35. The predicted octanol–water partition coefficient (Wildman–Crippen LogP) is 2.79. The van der Waals surface area contributed by atoms with Gasteiger partial charge < -0.3 is 4.74 Å². The second-order valence-electron chi connectivity index (χ2n) is 4.55. The third-order valence-electron chi connectivity index (χ3n) is 3.20. The Morgan fingerprint density at radius 1 is 1.19 bits per heavy atom. The number of aryl methyl sites for hydroxylation is 1. The van der Waals surface area contributed by atoms with Crippen LogP contribution in [0.2, 0.25) is 0 Å². The van der Waals surface area contributed by atoms with E-state index in [1.807, 2.05) is 13.0 Å². The van der Waals surface area contributed by atoms with Crippen molar-refractivity contribution in [2.45, 2.75) is 6.92 Å². The number of hydrogen-bond acceptors (Lipinski definition) is 4. The summed E-state index contributed by atoms with van der Waals surface area (Å²) in [5.74, 6) is 0.847. The number of halogens is 1. The molecular formula is C15H13FN4O. The van der Waals surface area contributed by atoms with Crippen LogP contribution in [0, 0.1) is 12.7 Å². The minimum Gasteiger partial charge on any atom is -0.496 e. The summed E-state index contributed by atoms with van der Waals surface area (Å²) in [4.78, 5) is 4.37. The first-order chi connectivity index (χ1) is 10.2. The van der Waals surface area contributed by atoms with Gasteiger partial charge in [0.05, 0.1) is 12.7 Å². The van der Waals surface area contributed by atoms with E-state index in [0.717, 1.165) is 5.56 Å². The van der Waals surface area contributed by atoms with Crippen molar-refractivity contribution < 1.29 is 9.13 Å². The summed E-state index contributed by atoms with van der Waals surface area (Å²) in [6.45, 7) is 1.90. The second kappa shape index (κ2) is 5.32. The van der Waals surface area contributed by atoms with Crippen LogP contribution in [0.5, 0.6) is 5.75 Å². The molecule has 0 N–H and O–H groups in total. The molecule has 106 valence electrons. The van der Waals surface area contributed by atoms with Crippen molar-refractivity contribution in [3.63, 3.8) is 0 Å². The summed E-state index contributed by atoms with van der Waals surface area (Å²) in [5, 5.41) is 7.51. The first kappa shape index (κ1) is 13.2. The lowest BCUT2D eigenvalue weighted by Gasteiger charge is -2.11. The molecule has 6 heteroatoms. The van der Waals surface area contributed by atoms with Crippen LogP contribution in [0.3, 0.4) is 0 Å². The Labute approximate surface area is 121 Å². The molecular weight excluding hydrogens is 271 g/mol. The van der Waals surface area contributed by atoms with Gasteiger partial charge in [0.15, 0.2) is 0 Å². The molecule has 0 saturated carbocycles. The molecule has 0 unspecified atom stereocenters. The zero-order valence-corrected chi connectivity index (χ0v) is 11.6. The van der Waals surface area contributed by atoms with Gasteiger partial charge in [-0.15, -0.1) is 10.2 Å². The topological polar surface area (TPSA) is 52.8 Å². The Kier molecular flexibility index (Phi) is 3.35. The third kappa shape index (κ3) is 2.35. The van der Waals surface area contributed by atoms with Crippen LogP contribution in [0.1, 0.15) is 5.56 Å². The average Bonchev–Trinajstić information content (AvgIpc) is 3.00. The van der Waals surface area contributed by atoms with Crippen molar-refractivity contribution in [2.75, 3.05) is 7.11 Å². The van der Waals surface area contributed by atoms with E-state index < -0.39 is 0 Å². The highest BCUT2D eigenvalue weighted by Gasteiger charge is 2.13. The lowest BCUT2D eigenvalue weighted by molar-refractivity contribution is 0.413. The van der Waals surface area contributed by atoms with Crippen LogP contribution in [-0.4, -0.2) is 26.9 Å². The van der Waals surface area contributed by atoms with Crippen molar-refractivity contribution >= 4 is 0 Å². The van der Waals surface area contributed by atoms with E-state index in [2.05, 4.69) is 15.2 Å². The lowest BCUT2D eigenvalue weighted by atomic mass is 10.0. The molecule has 5 nitrogen and oxygen atoms in total. The fourth-order valence-corrected chi connectivity index (χ4v) is 2.24. The van der Waals surface area contributed by atoms with E-state index in [9.17, 15) is 4.39 Å². The number of benzene rings is 1. The summed E-state index contributed by atoms with van der Waals surface area (Å²) in [6.07, 6.45) is 4.75. The fraction of sp³-hybridized carbons (Fsp3) is 0.133. The lowest BCUT2D eigenvalue weighted by Crippen LogP contribution is -1.99. The Balaban J connectivity index is 2.12. The molecule has 3 rings (SSSR count). The molecule has 1 aromatic carbocycles. The van der Waals surface area contributed by atoms with E-state index in [0.29, 0.717) is 22.7 Å². The predicted molar refractivity (Wildman–Crippen MR) is 75.8 cm³/mol. The fourth-order valence-electron chi connectivity index (χ4n) is 2.24. The zero-order valence-electron chi connectivity index (χ0n) is 11.6. The highest BCUT2D eigenvalue weighted by atomic mass is 19.1. The van der Waals surface area contributed by atoms with Gasteiger partial charge in [-0.25, -0.2) is 9.37 Å². The monoisotopic (exact) mass is 284 g/mol. The number of ether oxygens (including phenoxy) is 1. The number of rotatable bonds is 3. The highest BCUT2D eigenvalue weighted by Crippen LogP contribution is 2.33. The average molecular weight is 284 g/mol. The van der Waals surface area contributed by atoms with Crippen LogP contribution < -0.4 is 4.74 Å². The smallest absolute Gasteiger partial charge is 0.142 e. The maximum Gasteiger partial charge on any atom is 0.142 e. The van der Waals surface area contributed by atoms with Crippen LogP contribution in [0.4, 0.5) is 4.39 Å². The van der Waals surface area contributed by atoms with E-state index in [1.54, 1.807) is 35.6 Å². The maximum absolute atomic E-state index is 14.1. The van der Waals surface area contributed by atoms with E-state index in [4.69, 9.17) is 4.74 Å². The first-order valence-corrected chi connectivity index (χ1v) is 6.35. The molecule has 0 fully saturated rings. The minimum absolute atomic E-state index is 0.340. The third-order valence-corrected chi connectivity index (χ3v) is 3.20. The Morgan fingerprint density at radius 2 is 1.95 bits per heavy atom. The molecule has 2 heterocycles. The SMILES string of the molecule is COc1cccc(F)c1-c1cnc(-n2cnnc2)c(C)c1. The van der Waals surface area contributed by atoms with Crippen LogP contribution in [0.15, 0.2) is 43.1 Å². The van der Waals surface area contributed by atoms with Gasteiger partial charge in [0, 0.05) is 11.8 Å². The van der Waals surface area contributed by atoms with Gasteiger partial charge >= 0.3 is 0 Å². The van der Waals surface area contributed by atoms with Crippen LogP contribution in [-0.2, 0) is 0 Å². The number of nitrogens with zero attached hydrogens (tertiary/aromatic N) is 4. The zero-order chi connectivity index (χ0) is 14.8. The molecule has 21 heavy (non-hydrogen) atoms.